The average molecular weight is 391 g/mol. The number of hydrogen-bond acceptors (Lipinski definition) is 4. The molecule has 1 aliphatic heterocycles. The second kappa shape index (κ2) is 8.20. The summed E-state index contributed by atoms with van der Waals surface area (Å²) in [4.78, 5) is 14.5. The lowest BCUT2D eigenvalue weighted by Gasteiger charge is -2.23. The van der Waals surface area contributed by atoms with Crippen molar-refractivity contribution < 1.29 is 4.79 Å². The molecule has 1 aromatic carbocycles. The Morgan fingerprint density at radius 1 is 1.31 bits per heavy atom. The molecule has 0 radical (unpaired) electrons. The molecule has 0 bridgehead atoms. The molecule has 2 N–H and O–H groups in total. The van der Waals surface area contributed by atoms with Crippen molar-refractivity contribution >= 4 is 39.9 Å². The molecule has 0 unspecified atom stereocenters. The predicted octanol–water partition coefficient (Wildman–Crippen LogP) is 3.36. The van der Waals surface area contributed by atoms with Crippen LogP contribution < -0.4 is 10.6 Å². The number of benzene rings is 1. The maximum absolute atomic E-state index is 12.6. The topological polar surface area (TPSA) is 59.0 Å². The summed E-state index contributed by atoms with van der Waals surface area (Å²) in [5, 5.41) is 12.2. The number of aryl methyl sites for hydroxylation is 1. The molecule has 2 aromatic heterocycles. The average Bonchev–Trinajstić information content (AvgIpc) is 3.19. The van der Waals surface area contributed by atoms with Gasteiger partial charge in [-0.3, -0.25) is 9.48 Å². The molecule has 138 valence electrons. The summed E-state index contributed by atoms with van der Waals surface area (Å²) >= 11 is 1.53. The van der Waals surface area contributed by atoms with Crippen molar-refractivity contribution in [2.75, 3.05) is 13.1 Å². The molecule has 3 heterocycles. The fourth-order valence-electron chi connectivity index (χ4n) is 3.31. The van der Waals surface area contributed by atoms with Gasteiger partial charge in [0.05, 0.1) is 17.1 Å². The fourth-order valence-corrected chi connectivity index (χ4v) is 4.37. The van der Waals surface area contributed by atoms with E-state index < -0.39 is 0 Å². The molecule has 0 saturated carbocycles. The van der Waals surface area contributed by atoms with Crippen LogP contribution in [0.2, 0.25) is 0 Å². The van der Waals surface area contributed by atoms with Crippen molar-refractivity contribution in [1.29, 1.82) is 0 Å². The molecule has 3 aromatic rings. The summed E-state index contributed by atoms with van der Waals surface area (Å²) in [5.41, 5.74) is 2.18. The van der Waals surface area contributed by atoms with Crippen LogP contribution in [-0.2, 0) is 6.54 Å². The first-order chi connectivity index (χ1) is 12.2. The minimum atomic E-state index is 0. The SMILES string of the molecule is Cc1nn(Cc2ccccc2)c2sc(C(=O)NC3CCNCC3)cc12.Cl. The van der Waals surface area contributed by atoms with Gasteiger partial charge in [-0.25, -0.2) is 0 Å². The van der Waals surface area contributed by atoms with Gasteiger partial charge in [0, 0.05) is 11.4 Å². The van der Waals surface area contributed by atoms with Crippen LogP contribution in [0.1, 0.15) is 33.8 Å². The number of amides is 1. The van der Waals surface area contributed by atoms with Crippen LogP contribution in [0.4, 0.5) is 0 Å². The van der Waals surface area contributed by atoms with E-state index in [0.29, 0.717) is 0 Å². The van der Waals surface area contributed by atoms with Gasteiger partial charge in [0.25, 0.3) is 5.91 Å². The Bertz CT molecular complexity index is 884. The third-order valence-corrected chi connectivity index (χ3v) is 5.83. The molecular weight excluding hydrogens is 368 g/mol. The predicted molar refractivity (Wildman–Crippen MR) is 108 cm³/mol. The molecule has 5 nitrogen and oxygen atoms in total. The Morgan fingerprint density at radius 3 is 2.77 bits per heavy atom. The smallest absolute Gasteiger partial charge is 0.261 e. The molecule has 4 rings (SSSR count). The van der Waals surface area contributed by atoms with Gasteiger partial charge in [-0.2, -0.15) is 5.10 Å². The monoisotopic (exact) mass is 390 g/mol. The van der Waals surface area contributed by atoms with Gasteiger partial charge in [0.2, 0.25) is 0 Å². The number of thiophene rings is 1. The fraction of sp³-hybridized carbons (Fsp3) is 0.368. The van der Waals surface area contributed by atoms with Crippen LogP contribution in [0.15, 0.2) is 36.4 Å². The quantitative estimate of drug-likeness (QED) is 0.718. The first-order valence-electron chi connectivity index (χ1n) is 8.73. The van der Waals surface area contributed by atoms with Gasteiger partial charge in [-0.05, 0) is 44.5 Å². The molecule has 26 heavy (non-hydrogen) atoms. The molecule has 1 fully saturated rings. The maximum atomic E-state index is 12.6. The Kier molecular flexibility index (Phi) is 5.96. The van der Waals surface area contributed by atoms with Crippen LogP contribution in [0.25, 0.3) is 10.2 Å². The van der Waals surface area contributed by atoms with E-state index in [9.17, 15) is 4.79 Å². The van der Waals surface area contributed by atoms with Gasteiger partial charge >= 0.3 is 0 Å². The summed E-state index contributed by atoms with van der Waals surface area (Å²) < 4.78 is 2.01. The van der Waals surface area contributed by atoms with E-state index in [-0.39, 0.29) is 24.4 Å². The highest BCUT2D eigenvalue weighted by Crippen LogP contribution is 2.29. The number of carbonyl (C=O) groups is 1. The Balaban J connectivity index is 0.00000196. The highest BCUT2D eigenvalue weighted by molar-refractivity contribution is 7.20. The second-order valence-electron chi connectivity index (χ2n) is 6.56. The molecule has 0 aliphatic carbocycles. The molecule has 1 amide bonds. The number of aromatic nitrogens is 2. The number of fused-ring (bicyclic) bond motifs is 1. The van der Waals surface area contributed by atoms with E-state index in [2.05, 4.69) is 27.9 Å². The molecule has 0 atom stereocenters. The van der Waals surface area contributed by atoms with Crippen molar-refractivity contribution in [3.63, 3.8) is 0 Å². The van der Waals surface area contributed by atoms with Gasteiger partial charge in [-0.1, -0.05) is 30.3 Å². The normalized spacial score (nSPS) is 15.0. The van der Waals surface area contributed by atoms with Crippen molar-refractivity contribution in [1.82, 2.24) is 20.4 Å². The third-order valence-electron chi connectivity index (χ3n) is 4.68. The number of halogens is 1. The largest absolute Gasteiger partial charge is 0.349 e. The van der Waals surface area contributed by atoms with Crippen LogP contribution in [-0.4, -0.2) is 34.8 Å². The highest BCUT2D eigenvalue weighted by Gasteiger charge is 2.20. The Morgan fingerprint density at radius 2 is 2.04 bits per heavy atom. The molecule has 0 spiro atoms. The van der Waals surface area contributed by atoms with E-state index in [1.165, 1.54) is 16.9 Å². The Labute approximate surface area is 163 Å². The minimum absolute atomic E-state index is 0. The van der Waals surface area contributed by atoms with Gasteiger partial charge < -0.3 is 10.6 Å². The van der Waals surface area contributed by atoms with Crippen LogP contribution >= 0.6 is 23.7 Å². The number of hydrogen-bond donors (Lipinski definition) is 2. The van der Waals surface area contributed by atoms with Gasteiger partial charge in [-0.15, -0.1) is 23.7 Å². The number of nitrogens with one attached hydrogen (secondary N) is 2. The lowest BCUT2D eigenvalue weighted by molar-refractivity contribution is 0.0934. The van der Waals surface area contributed by atoms with Crippen LogP contribution in [0, 0.1) is 6.92 Å². The van der Waals surface area contributed by atoms with Crippen LogP contribution in [0.3, 0.4) is 0 Å². The van der Waals surface area contributed by atoms with E-state index in [1.807, 2.05) is 35.9 Å². The van der Waals surface area contributed by atoms with Crippen LogP contribution in [0.5, 0.6) is 0 Å². The minimum Gasteiger partial charge on any atom is -0.349 e. The van der Waals surface area contributed by atoms with Gasteiger partial charge in [0.15, 0.2) is 0 Å². The first kappa shape index (κ1) is 18.9. The van der Waals surface area contributed by atoms with Gasteiger partial charge in [0.1, 0.15) is 4.83 Å². The van der Waals surface area contributed by atoms with E-state index in [4.69, 9.17) is 0 Å². The van der Waals surface area contributed by atoms with Crippen molar-refractivity contribution in [3.8, 4) is 0 Å². The lowest BCUT2D eigenvalue weighted by atomic mass is 10.1. The summed E-state index contributed by atoms with van der Waals surface area (Å²) in [5.74, 6) is 0.0405. The van der Waals surface area contributed by atoms with Crippen molar-refractivity contribution in [3.05, 3.63) is 52.5 Å². The number of rotatable bonds is 4. The summed E-state index contributed by atoms with van der Waals surface area (Å²) in [6, 6.07) is 12.6. The number of carbonyl (C=O) groups excluding carboxylic acids is 1. The molecule has 7 heteroatoms. The third kappa shape index (κ3) is 3.92. The van der Waals surface area contributed by atoms with Crippen molar-refractivity contribution in [2.24, 2.45) is 0 Å². The summed E-state index contributed by atoms with van der Waals surface area (Å²) in [6.45, 7) is 4.68. The van der Waals surface area contributed by atoms with E-state index >= 15 is 0 Å². The summed E-state index contributed by atoms with van der Waals surface area (Å²) in [7, 11) is 0. The summed E-state index contributed by atoms with van der Waals surface area (Å²) in [6.07, 6.45) is 1.99. The lowest BCUT2D eigenvalue weighted by Crippen LogP contribution is -2.42. The molecular formula is C19H23ClN4OS. The van der Waals surface area contributed by atoms with Crippen molar-refractivity contribution in [2.45, 2.75) is 32.4 Å². The number of nitrogens with zero attached hydrogens (tertiary/aromatic N) is 2. The second-order valence-corrected chi connectivity index (χ2v) is 7.59. The maximum Gasteiger partial charge on any atom is 0.261 e. The number of piperidine rings is 1. The zero-order valence-electron chi connectivity index (χ0n) is 14.7. The molecule has 1 aliphatic rings. The zero-order valence-corrected chi connectivity index (χ0v) is 16.3. The first-order valence-corrected chi connectivity index (χ1v) is 9.55. The highest BCUT2D eigenvalue weighted by atomic mass is 35.5. The van der Waals surface area contributed by atoms with E-state index in [1.54, 1.807) is 0 Å². The molecule has 1 saturated heterocycles. The zero-order chi connectivity index (χ0) is 17.2. The standard InChI is InChI=1S/C19H22N4OS.ClH/c1-13-16-11-17(18(24)21-15-7-9-20-10-8-15)25-19(16)23(22-13)12-14-5-3-2-4-6-14;/h2-6,11,15,20H,7-10,12H2,1H3,(H,21,24);1H. The Hall–Kier alpha value is -1.89. The van der Waals surface area contributed by atoms with E-state index in [0.717, 1.165) is 53.3 Å².